The van der Waals surface area contributed by atoms with Crippen molar-refractivity contribution in [1.82, 2.24) is 0 Å². The van der Waals surface area contributed by atoms with E-state index in [9.17, 15) is 14.7 Å². The predicted octanol–water partition coefficient (Wildman–Crippen LogP) is 4.04. The summed E-state index contributed by atoms with van der Waals surface area (Å²) in [6.45, 7) is 3.86. The van der Waals surface area contributed by atoms with Crippen LogP contribution in [0, 0.1) is 23.7 Å². The van der Waals surface area contributed by atoms with E-state index in [-0.39, 0.29) is 30.1 Å². The Morgan fingerprint density at radius 3 is 2.72 bits per heavy atom. The summed E-state index contributed by atoms with van der Waals surface area (Å²) in [5.74, 6) is -0.209. The third-order valence-electron chi connectivity index (χ3n) is 5.28. The first kappa shape index (κ1) is 22.7. The van der Waals surface area contributed by atoms with E-state index in [1.807, 2.05) is 49.4 Å². The number of carboxylic acids is 1. The van der Waals surface area contributed by atoms with Crippen molar-refractivity contribution in [1.29, 1.82) is 0 Å². The minimum absolute atomic E-state index is 0.0601. The number of benzene rings is 1. The molecule has 1 aromatic rings. The van der Waals surface area contributed by atoms with Crippen LogP contribution in [0.5, 0.6) is 5.75 Å². The zero-order chi connectivity index (χ0) is 21.2. The highest BCUT2D eigenvalue weighted by molar-refractivity contribution is 5.84. The minimum atomic E-state index is -0.831. The summed E-state index contributed by atoms with van der Waals surface area (Å²) in [7, 11) is 0. The van der Waals surface area contributed by atoms with Crippen molar-refractivity contribution in [3.8, 4) is 5.75 Å². The highest BCUT2D eigenvalue weighted by Crippen LogP contribution is 2.37. The molecule has 0 aliphatic heterocycles. The number of Topliss-reactive ketones (excluding diaryl/α,β-unsaturated/α-hetero) is 1. The lowest BCUT2D eigenvalue weighted by Crippen LogP contribution is -2.18. The zero-order valence-electron chi connectivity index (χ0n) is 17.0. The third kappa shape index (κ3) is 7.37. The molecule has 5 atom stereocenters. The number of rotatable bonds is 10. The number of allylic oxidation sites excluding steroid dienone is 2. The fraction of sp³-hybridized carbons (Fsp3) is 0.458. The number of carboxylic acid groups (broad SMARTS) is 1. The van der Waals surface area contributed by atoms with E-state index in [0.29, 0.717) is 25.0 Å². The van der Waals surface area contributed by atoms with Crippen LogP contribution in [0.4, 0.5) is 0 Å². The van der Waals surface area contributed by atoms with Gasteiger partial charge in [-0.3, -0.25) is 9.59 Å². The monoisotopic (exact) mass is 398 g/mol. The molecule has 29 heavy (non-hydrogen) atoms. The van der Waals surface area contributed by atoms with Crippen LogP contribution in [0.15, 0.2) is 60.4 Å². The Morgan fingerprint density at radius 2 is 2.03 bits per heavy atom. The molecule has 1 fully saturated rings. The summed E-state index contributed by atoms with van der Waals surface area (Å²) in [4.78, 5) is 23.2. The number of aliphatic hydroxyl groups is 1. The predicted molar refractivity (Wildman–Crippen MR) is 112 cm³/mol. The number of aliphatic hydroxyl groups excluding tert-OH is 1. The molecule has 0 amide bonds. The molecule has 156 valence electrons. The maximum Gasteiger partial charge on any atom is 0.306 e. The van der Waals surface area contributed by atoms with Gasteiger partial charge >= 0.3 is 5.97 Å². The van der Waals surface area contributed by atoms with Gasteiger partial charge in [0.15, 0.2) is 0 Å². The first-order valence-electron chi connectivity index (χ1n) is 10.1. The number of hydrogen-bond donors (Lipinski definition) is 2. The van der Waals surface area contributed by atoms with Crippen LogP contribution in [-0.4, -0.2) is 34.7 Å². The summed E-state index contributed by atoms with van der Waals surface area (Å²) >= 11 is 0. The average molecular weight is 398 g/mol. The Morgan fingerprint density at radius 1 is 1.31 bits per heavy atom. The average Bonchev–Trinajstić information content (AvgIpc) is 2.97. The summed E-state index contributed by atoms with van der Waals surface area (Å²) < 4.78 is 5.56. The quantitative estimate of drug-likeness (QED) is 0.459. The van der Waals surface area contributed by atoms with E-state index in [1.165, 1.54) is 0 Å². The molecule has 0 radical (unpaired) electrons. The van der Waals surface area contributed by atoms with Crippen molar-refractivity contribution < 1.29 is 24.5 Å². The van der Waals surface area contributed by atoms with Crippen molar-refractivity contribution in [2.24, 2.45) is 23.7 Å². The lowest BCUT2D eigenvalue weighted by Gasteiger charge is -2.17. The van der Waals surface area contributed by atoms with Gasteiger partial charge in [0.2, 0.25) is 0 Å². The Hall–Kier alpha value is -2.62. The molecule has 2 rings (SSSR count). The van der Waals surface area contributed by atoms with Crippen LogP contribution >= 0.6 is 0 Å². The normalized spacial score (nSPS) is 23.4. The van der Waals surface area contributed by atoms with Gasteiger partial charge in [-0.1, -0.05) is 44.2 Å². The Kier molecular flexibility index (Phi) is 8.91. The lowest BCUT2D eigenvalue weighted by molar-refractivity contribution is -0.141. The van der Waals surface area contributed by atoms with Crippen molar-refractivity contribution in [3.63, 3.8) is 0 Å². The fourth-order valence-corrected chi connectivity index (χ4v) is 3.46. The number of carbonyl (C=O) groups is 2. The summed E-state index contributed by atoms with van der Waals surface area (Å²) in [6.07, 6.45) is 7.93. The summed E-state index contributed by atoms with van der Waals surface area (Å²) in [6, 6.07) is 9.32. The molecule has 0 spiro atoms. The molecule has 5 heteroatoms. The van der Waals surface area contributed by atoms with Gasteiger partial charge in [0.05, 0.1) is 5.92 Å². The highest BCUT2D eigenvalue weighted by atomic mass is 16.5. The van der Waals surface area contributed by atoms with Gasteiger partial charge in [0.1, 0.15) is 24.2 Å². The smallest absolute Gasteiger partial charge is 0.306 e. The van der Waals surface area contributed by atoms with Crippen molar-refractivity contribution in [3.05, 3.63) is 60.4 Å². The van der Waals surface area contributed by atoms with Crippen molar-refractivity contribution >= 4 is 11.8 Å². The molecule has 0 aromatic heterocycles. The largest absolute Gasteiger partial charge is 0.491 e. The van der Waals surface area contributed by atoms with Gasteiger partial charge in [-0.25, -0.2) is 0 Å². The molecule has 0 heterocycles. The zero-order valence-corrected chi connectivity index (χ0v) is 17.0. The summed E-state index contributed by atoms with van der Waals surface area (Å²) in [5, 5.41) is 19.1. The van der Waals surface area contributed by atoms with Gasteiger partial charge in [-0.15, -0.1) is 5.73 Å². The topological polar surface area (TPSA) is 83.8 Å². The maximum absolute atomic E-state index is 12.4. The van der Waals surface area contributed by atoms with Gasteiger partial charge in [-0.2, -0.15) is 0 Å². The number of aliphatic carboxylic acids is 1. The molecule has 1 aliphatic carbocycles. The molecular formula is C24H30O5. The van der Waals surface area contributed by atoms with Crippen molar-refractivity contribution in [2.75, 3.05) is 6.61 Å². The first-order valence-corrected chi connectivity index (χ1v) is 10.1. The van der Waals surface area contributed by atoms with Crippen LogP contribution in [0.1, 0.15) is 33.1 Å². The lowest BCUT2D eigenvalue weighted by atomic mass is 9.87. The second-order valence-electron chi connectivity index (χ2n) is 7.69. The SMILES string of the molecule is CC(CC=C=CCC1C(=O)CC(C)C1/C=C/C(O)COc1ccccc1)C(=O)O. The molecule has 0 bridgehead atoms. The standard InChI is InChI=1S/C24H30O5/c1-17(24(27)28)9-5-3-8-12-22-21(18(2)15-23(22)26)14-13-19(25)16-29-20-10-6-4-7-11-20/h4-8,10-11,13-14,17-19,21-22,25H,9,12,15-16H2,1-2H3,(H,27,28)/b14-13+. The fourth-order valence-electron chi connectivity index (χ4n) is 3.46. The van der Waals surface area contributed by atoms with E-state index in [2.05, 4.69) is 5.73 Å². The number of carbonyl (C=O) groups excluding carboxylic acids is 1. The minimum Gasteiger partial charge on any atom is -0.491 e. The van der Waals surface area contributed by atoms with Crippen LogP contribution < -0.4 is 4.74 Å². The first-order chi connectivity index (χ1) is 13.9. The Bertz CT molecular complexity index is 761. The van der Waals surface area contributed by atoms with Gasteiger partial charge in [-0.05, 0) is 49.0 Å². The molecule has 1 aliphatic rings. The molecule has 2 N–H and O–H groups in total. The van der Waals surface area contributed by atoms with E-state index in [0.717, 1.165) is 0 Å². The molecule has 1 aromatic carbocycles. The second kappa shape index (κ2) is 11.4. The van der Waals surface area contributed by atoms with Crippen molar-refractivity contribution in [2.45, 2.75) is 39.2 Å². The number of hydrogen-bond acceptors (Lipinski definition) is 4. The van der Waals surface area contributed by atoms with Crippen LogP contribution in [0.3, 0.4) is 0 Å². The Labute approximate surface area is 172 Å². The molecule has 5 unspecified atom stereocenters. The number of para-hydroxylation sites is 1. The Balaban J connectivity index is 1.89. The van der Waals surface area contributed by atoms with E-state index in [1.54, 1.807) is 19.1 Å². The number of ether oxygens (including phenoxy) is 1. The molecular weight excluding hydrogens is 368 g/mol. The third-order valence-corrected chi connectivity index (χ3v) is 5.28. The maximum atomic E-state index is 12.4. The van der Waals surface area contributed by atoms with Gasteiger partial charge in [0.25, 0.3) is 0 Å². The molecule has 1 saturated carbocycles. The van der Waals surface area contributed by atoms with Crippen LogP contribution in [0.2, 0.25) is 0 Å². The van der Waals surface area contributed by atoms with Crippen LogP contribution in [-0.2, 0) is 9.59 Å². The summed E-state index contributed by atoms with van der Waals surface area (Å²) in [5.41, 5.74) is 3.00. The van der Waals surface area contributed by atoms with Gasteiger partial charge < -0.3 is 14.9 Å². The number of ketones is 1. The molecule has 0 saturated heterocycles. The van der Waals surface area contributed by atoms with Gasteiger partial charge in [0, 0.05) is 12.3 Å². The van der Waals surface area contributed by atoms with E-state index in [4.69, 9.17) is 9.84 Å². The van der Waals surface area contributed by atoms with Crippen LogP contribution in [0.25, 0.3) is 0 Å². The van der Waals surface area contributed by atoms with E-state index < -0.39 is 18.0 Å². The molecule has 5 nitrogen and oxygen atoms in total. The highest BCUT2D eigenvalue weighted by Gasteiger charge is 2.37. The second-order valence-corrected chi connectivity index (χ2v) is 7.69. The van der Waals surface area contributed by atoms with E-state index >= 15 is 0 Å².